The number of carbonyl (C=O) groups is 1. The number of carbonyl (C=O) groups excluding carboxylic acids is 1. The first-order valence-corrected chi connectivity index (χ1v) is 6.45. The van der Waals surface area contributed by atoms with Crippen LogP contribution in [0, 0.1) is 15.5 Å². The summed E-state index contributed by atoms with van der Waals surface area (Å²) in [5.74, 6) is -0.362. The molecule has 2 N–H and O–H groups in total. The third-order valence-corrected chi connectivity index (χ3v) is 3.47. The molecule has 20 heavy (non-hydrogen) atoms. The van der Waals surface area contributed by atoms with Gasteiger partial charge in [-0.15, -0.1) is 0 Å². The molecule has 0 radical (unpaired) electrons. The fourth-order valence-electron chi connectivity index (χ4n) is 1.75. The van der Waals surface area contributed by atoms with Crippen LogP contribution in [0.15, 0.2) is 23.1 Å². The Hall–Kier alpha value is -2.35. The number of nitro groups is 1. The van der Waals surface area contributed by atoms with Crippen molar-refractivity contribution in [1.82, 2.24) is 5.32 Å². The van der Waals surface area contributed by atoms with Gasteiger partial charge in [0.05, 0.1) is 9.83 Å². The van der Waals surface area contributed by atoms with Gasteiger partial charge in [-0.05, 0) is 29.5 Å². The van der Waals surface area contributed by atoms with Crippen molar-refractivity contribution in [3.63, 3.8) is 0 Å². The number of nitrogens with zero attached hydrogens (tertiary/aromatic N) is 2. The van der Waals surface area contributed by atoms with Crippen LogP contribution in [0.1, 0.15) is 5.56 Å². The number of benzene rings is 1. The minimum absolute atomic E-state index is 0.0252. The zero-order chi connectivity index (χ0) is 14.9. The molecule has 1 amide bonds. The Bertz CT molecular complexity index is 640. The van der Waals surface area contributed by atoms with Gasteiger partial charge in [-0.2, -0.15) is 0 Å². The van der Waals surface area contributed by atoms with Crippen LogP contribution < -0.4 is 10.2 Å². The molecule has 1 heterocycles. The van der Waals surface area contributed by atoms with Crippen LogP contribution in [0.25, 0.3) is 6.08 Å². The molecule has 1 aromatic carbocycles. The van der Waals surface area contributed by atoms with E-state index in [1.807, 2.05) is 0 Å². The average Bonchev–Trinajstić information content (AvgIpc) is 2.67. The van der Waals surface area contributed by atoms with E-state index < -0.39 is 4.92 Å². The van der Waals surface area contributed by atoms with Gasteiger partial charge in [0.15, 0.2) is 5.17 Å². The van der Waals surface area contributed by atoms with Gasteiger partial charge in [0, 0.05) is 20.2 Å². The largest absolute Gasteiger partial charge is 0.372 e. The molecular formula is C12H12N4O3S. The van der Waals surface area contributed by atoms with Crippen LogP contribution >= 0.6 is 11.8 Å². The summed E-state index contributed by atoms with van der Waals surface area (Å²) >= 11 is 0.997. The Balaban J connectivity index is 2.42. The monoisotopic (exact) mass is 292 g/mol. The molecule has 0 aromatic heterocycles. The van der Waals surface area contributed by atoms with E-state index >= 15 is 0 Å². The van der Waals surface area contributed by atoms with Crippen molar-refractivity contribution >= 4 is 40.3 Å². The molecular weight excluding hydrogens is 280 g/mol. The van der Waals surface area contributed by atoms with Crippen molar-refractivity contribution in [2.24, 2.45) is 0 Å². The third-order valence-electron chi connectivity index (χ3n) is 2.64. The molecule has 1 fully saturated rings. The highest BCUT2D eigenvalue weighted by atomic mass is 32.2. The van der Waals surface area contributed by atoms with Crippen molar-refractivity contribution in [2.75, 3.05) is 19.0 Å². The van der Waals surface area contributed by atoms with Crippen LogP contribution in [0.4, 0.5) is 11.4 Å². The van der Waals surface area contributed by atoms with E-state index in [9.17, 15) is 14.9 Å². The Kier molecular flexibility index (Phi) is 3.75. The van der Waals surface area contributed by atoms with Gasteiger partial charge in [0.2, 0.25) is 0 Å². The van der Waals surface area contributed by atoms with Gasteiger partial charge in [-0.25, -0.2) is 0 Å². The molecule has 7 nitrogen and oxygen atoms in total. The predicted octanol–water partition coefficient (Wildman–Crippen LogP) is 1.80. The van der Waals surface area contributed by atoms with Gasteiger partial charge >= 0.3 is 0 Å². The van der Waals surface area contributed by atoms with E-state index in [0.717, 1.165) is 11.8 Å². The van der Waals surface area contributed by atoms with E-state index in [1.165, 1.54) is 12.1 Å². The summed E-state index contributed by atoms with van der Waals surface area (Å²) in [4.78, 5) is 24.1. The Morgan fingerprint density at radius 1 is 1.45 bits per heavy atom. The van der Waals surface area contributed by atoms with E-state index in [0.29, 0.717) is 16.2 Å². The molecule has 1 aliphatic heterocycles. The smallest absolute Gasteiger partial charge is 0.293 e. The quantitative estimate of drug-likeness (QED) is 0.503. The molecule has 1 aromatic rings. The molecule has 104 valence electrons. The summed E-state index contributed by atoms with van der Waals surface area (Å²) in [6.07, 6.45) is 1.54. The SMILES string of the molecule is CN(C)c1ccc(/C=C2/SC(=N)NC2=O)cc1[N+](=O)[O-]. The number of anilines is 1. The van der Waals surface area contributed by atoms with Crippen LogP contribution in [-0.2, 0) is 4.79 Å². The van der Waals surface area contributed by atoms with E-state index in [4.69, 9.17) is 5.41 Å². The maximum Gasteiger partial charge on any atom is 0.293 e. The van der Waals surface area contributed by atoms with Crippen molar-refractivity contribution in [1.29, 1.82) is 5.41 Å². The van der Waals surface area contributed by atoms with Crippen molar-refractivity contribution in [2.45, 2.75) is 0 Å². The van der Waals surface area contributed by atoms with Crippen LogP contribution in [0.5, 0.6) is 0 Å². The van der Waals surface area contributed by atoms with Gasteiger partial charge in [0.25, 0.3) is 11.6 Å². The van der Waals surface area contributed by atoms with E-state index in [1.54, 1.807) is 31.1 Å². The molecule has 0 saturated carbocycles. The van der Waals surface area contributed by atoms with Crippen molar-refractivity contribution in [3.05, 3.63) is 38.8 Å². The molecule has 2 rings (SSSR count). The minimum Gasteiger partial charge on any atom is -0.372 e. The first-order valence-electron chi connectivity index (χ1n) is 5.63. The fourth-order valence-corrected chi connectivity index (χ4v) is 2.45. The number of rotatable bonds is 3. The van der Waals surface area contributed by atoms with Gasteiger partial charge in [-0.3, -0.25) is 20.3 Å². The van der Waals surface area contributed by atoms with Gasteiger partial charge in [0.1, 0.15) is 5.69 Å². The zero-order valence-corrected chi connectivity index (χ0v) is 11.7. The highest BCUT2D eigenvalue weighted by Crippen LogP contribution is 2.30. The minimum atomic E-state index is -0.457. The lowest BCUT2D eigenvalue weighted by Gasteiger charge is -2.12. The fraction of sp³-hybridized carbons (Fsp3) is 0.167. The lowest BCUT2D eigenvalue weighted by molar-refractivity contribution is -0.384. The summed E-state index contributed by atoms with van der Waals surface area (Å²) in [6, 6.07) is 4.75. The van der Waals surface area contributed by atoms with Crippen LogP contribution in [-0.4, -0.2) is 30.1 Å². The summed E-state index contributed by atoms with van der Waals surface area (Å²) in [6.45, 7) is 0. The number of nitrogens with one attached hydrogen (secondary N) is 2. The molecule has 0 spiro atoms. The van der Waals surface area contributed by atoms with Crippen LogP contribution in [0.2, 0.25) is 0 Å². The summed E-state index contributed by atoms with van der Waals surface area (Å²) in [7, 11) is 3.45. The molecule has 0 aliphatic carbocycles. The van der Waals surface area contributed by atoms with Gasteiger partial charge in [-0.1, -0.05) is 6.07 Å². The molecule has 1 saturated heterocycles. The molecule has 0 atom stereocenters. The Morgan fingerprint density at radius 2 is 2.15 bits per heavy atom. The average molecular weight is 292 g/mol. The summed E-state index contributed by atoms with van der Waals surface area (Å²) < 4.78 is 0. The second-order valence-electron chi connectivity index (χ2n) is 4.29. The number of amidine groups is 1. The molecule has 8 heteroatoms. The highest BCUT2D eigenvalue weighted by Gasteiger charge is 2.23. The normalized spacial score (nSPS) is 16.4. The summed E-state index contributed by atoms with van der Waals surface area (Å²) in [5.41, 5.74) is 1.02. The van der Waals surface area contributed by atoms with E-state index in [-0.39, 0.29) is 16.8 Å². The Morgan fingerprint density at radius 3 is 2.65 bits per heavy atom. The predicted molar refractivity (Wildman–Crippen MR) is 78.9 cm³/mol. The lowest BCUT2D eigenvalue weighted by Crippen LogP contribution is -2.18. The molecule has 0 unspecified atom stereocenters. The number of hydrogen-bond donors (Lipinski definition) is 2. The molecule has 1 aliphatic rings. The molecule has 0 bridgehead atoms. The number of thioether (sulfide) groups is 1. The van der Waals surface area contributed by atoms with E-state index in [2.05, 4.69) is 5.32 Å². The zero-order valence-electron chi connectivity index (χ0n) is 10.8. The topological polar surface area (TPSA) is 99.3 Å². The number of hydrogen-bond acceptors (Lipinski definition) is 6. The van der Waals surface area contributed by atoms with Crippen LogP contribution in [0.3, 0.4) is 0 Å². The Labute approximate surface area is 119 Å². The van der Waals surface area contributed by atoms with Gasteiger partial charge < -0.3 is 10.2 Å². The maximum atomic E-state index is 11.5. The second kappa shape index (κ2) is 5.33. The van der Waals surface area contributed by atoms with Crippen molar-refractivity contribution < 1.29 is 9.72 Å². The standard InChI is InChI=1S/C12H12N4O3S/c1-15(2)8-4-3-7(5-9(8)16(18)19)6-10-11(17)14-12(13)20-10/h3-6H,1-2H3,(H2,13,14,17)/b10-6+. The maximum absolute atomic E-state index is 11.5. The first kappa shape index (κ1) is 14.1. The lowest BCUT2D eigenvalue weighted by atomic mass is 10.1. The number of nitro benzene ring substituents is 1. The first-order chi connectivity index (χ1) is 9.38. The second-order valence-corrected chi connectivity index (χ2v) is 5.35. The third kappa shape index (κ3) is 2.80. The number of amides is 1. The summed E-state index contributed by atoms with van der Waals surface area (Å²) in [5, 5.41) is 20.8. The van der Waals surface area contributed by atoms with Crippen molar-refractivity contribution in [3.8, 4) is 0 Å². The highest BCUT2D eigenvalue weighted by molar-refractivity contribution is 8.18.